The molecule has 2 N–H and O–H groups in total. The lowest BCUT2D eigenvalue weighted by Crippen LogP contribution is -2.25. The fourth-order valence-electron chi connectivity index (χ4n) is 2.17. The van der Waals surface area contributed by atoms with Crippen LogP contribution in [0.1, 0.15) is 18.6 Å². The molecule has 0 bridgehead atoms. The number of furan rings is 1. The molecule has 0 spiro atoms. The van der Waals surface area contributed by atoms with E-state index in [1.165, 1.54) is 12.8 Å². The highest BCUT2D eigenvalue weighted by molar-refractivity contribution is 6.42. The summed E-state index contributed by atoms with van der Waals surface area (Å²) in [4.78, 5) is 2.23. The number of rotatable bonds is 4. The molecule has 1 aliphatic rings. The topological polar surface area (TPSA) is 42.4 Å². The second-order valence-electron chi connectivity index (χ2n) is 4.76. The Balaban J connectivity index is 1.94. The number of hydrogen-bond donors (Lipinski definition) is 1. The van der Waals surface area contributed by atoms with Crippen molar-refractivity contribution < 1.29 is 4.42 Å². The number of benzene rings is 1. The molecule has 100 valence electrons. The average Bonchev–Trinajstić information content (AvgIpc) is 3.09. The van der Waals surface area contributed by atoms with Crippen molar-refractivity contribution in [2.75, 3.05) is 10.6 Å². The fourth-order valence-corrected chi connectivity index (χ4v) is 2.50. The van der Waals surface area contributed by atoms with Crippen LogP contribution in [-0.4, -0.2) is 6.04 Å². The van der Waals surface area contributed by atoms with Crippen LogP contribution >= 0.6 is 23.2 Å². The Kier molecular flexibility index (Phi) is 3.33. The maximum Gasteiger partial charge on any atom is 0.123 e. The molecular weight excluding hydrogens is 283 g/mol. The van der Waals surface area contributed by atoms with Gasteiger partial charge in [0.1, 0.15) is 5.76 Å². The van der Waals surface area contributed by atoms with Crippen molar-refractivity contribution in [2.45, 2.75) is 25.4 Å². The maximum absolute atomic E-state index is 6.10. The zero-order valence-electron chi connectivity index (χ0n) is 10.3. The summed E-state index contributed by atoms with van der Waals surface area (Å²) in [5.41, 5.74) is 7.64. The van der Waals surface area contributed by atoms with E-state index in [2.05, 4.69) is 4.90 Å². The Morgan fingerprint density at radius 3 is 2.63 bits per heavy atom. The van der Waals surface area contributed by atoms with Gasteiger partial charge in [-0.2, -0.15) is 0 Å². The van der Waals surface area contributed by atoms with Gasteiger partial charge < -0.3 is 15.1 Å². The quantitative estimate of drug-likeness (QED) is 0.854. The lowest BCUT2D eigenvalue weighted by molar-refractivity contribution is 0.501. The molecular formula is C14H14Cl2N2O. The zero-order valence-corrected chi connectivity index (χ0v) is 11.8. The highest BCUT2D eigenvalue weighted by Gasteiger charge is 2.31. The first-order valence-corrected chi connectivity index (χ1v) is 6.94. The first-order valence-electron chi connectivity index (χ1n) is 6.18. The molecule has 0 atom stereocenters. The van der Waals surface area contributed by atoms with Crippen LogP contribution in [0.2, 0.25) is 10.0 Å². The molecule has 1 aromatic heterocycles. The smallest absolute Gasteiger partial charge is 0.123 e. The summed E-state index contributed by atoms with van der Waals surface area (Å²) in [5, 5.41) is 1.01. The fraction of sp³-hybridized carbons (Fsp3) is 0.286. The highest BCUT2D eigenvalue weighted by atomic mass is 35.5. The molecule has 0 radical (unpaired) electrons. The summed E-state index contributed by atoms with van der Waals surface area (Å²) in [6.07, 6.45) is 4.01. The Hall–Kier alpha value is -1.32. The second-order valence-corrected chi connectivity index (χ2v) is 5.58. The van der Waals surface area contributed by atoms with E-state index in [1.54, 1.807) is 12.3 Å². The molecule has 3 rings (SSSR count). The van der Waals surface area contributed by atoms with E-state index >= 15 is 0 Å². The normalized spacial score (nSPS) is 14.6. The van der Waals surface area contributed by atoms with E-state index in [4.69, 9.17) is 33.4 Å². The van der Waals surface area contributed by atoms with Gasteiger partial charge in [0.05, 0.1) is 34.2 Å². The SMILES string of the molecule is Nc1cc(Cl)c(Cl)cc1N(Cc1ccco1)C1CC1. The summed E-state index contributed by atoms with van der Waals surface area (Å²) in [6, 6.07) is 7.89. The molecule has 1 heterocycles. The molecule has 1 saturated carbocycles. The number of anilines is 2. The summed E-state index contributed by atoms with van der Waals surface area (Å²) in [7, 11) is 0. The minimum absolute atomic E-state index is 0.483. The van der Waals surface area contributed by atoms with Crippen molar-refractivity contribution in [1.29, 1.82) is 0 Å². The maximum atomic E-state index is 6.10. The van der Waals surface area contributed by atoms with Crippen LogP contribution in [-0.2, 0) is 6.54 Å². The van der Waals surface area contributed by atoms with E-state index in [1.807, 2.05) is 18.2 Å². The zero-order chi connectivity index (χ0) is 13.4. The molecule has 3 nitrogen and oxygen atoms in total. The van der Waals surface area contributed by atoms with Crippen molar-refractivity contribution in [3.8, 4) is 0 Å². The molecule has 5 heteroatoms. The van der Waals surface area contributed by atoms with E-state index < -0.39 is 0 Å². The van der Waals surface area contributed by atoms with E-state index in [-0.39, 0.29) is 0 Å². The minimum Gasteiger partial charge on any atom is -0.467 e. The predicted octanol–water partition coefficient (Wildman–Crippen LogP) is 4.34. The number of hydrogen-bond acceptors (Lipinski definition) is 3. The van der Waals surface area contributed by atoms with Crippen molar-refractivity contribution in [3.63, 3.8) is 0 Å². The molecule has 2 aromatic rings. The average molecular weight is 297 g/mol. The summed E-state index contributed by atoms with van der Waals surface area (Å²) >= 11 is 12.1. The molecule has 1 aliphatic carbocycles. The second kappa shape index (κ2) is 4.99. The van der Waals surface area contributed by atoms with E-state index in [0.29, 0.717) is 28.3 Å². The number of nitrogens with two attached hydrogens (primary N) is 1. The Bertz CT molecular complexity index is 579. The van der Waals surface area contributed by atoms with Crippen LogP contribution in [0.5, 0.6) is 0 Å². The summed E-state index contributed by atoms with van der Waals surface area (Å²) in [5.74, 6) is 0.914. The lowest BCUT2D eigenvalue weighted by atomic mass is 10.2. The van der Waals surface area contributed by atoms with Crippen LogP contribution in [0.3, 0.4) is 0 Å². The lowest BCUT2D eigenvalue weighted by Gasteiger charge is -2.25. The third-order valence-electron chi connectivity index (χ3n) is 3.27. The number of halogens is 2. The first-order chi connectivity index (χ1) is 9.15. The summed E-state index contributed by atoms with van der Waals surface area (Å²) in [6.45, 7) is 0.694. The van der Waals surface area contributed by atoms with Crippen molar-refractivity contribution >= 4 is 34.6 Å². The van der Waals surface area contributed by atoms with Gasteiger partial charge in [-0.1, -0.05) is 23.2 Å². The first kappa shape index (κ1) is 12.7. The van der Waals surface area contributed by atoms with Crippen molar-refractivity contribution in [1.82, 2.24) is 0 Å². The minimum atomic E-state index is 0.483. The van der Waals surface area contributed by atoms with Gasteiger partial charge in [0.15, 0.2) is 0 Å². The monoisotopic (exact) mass is 296 g/mol. The summed E-state index contributed by atoms with van der Waals surface area (Å²) < 4.78 is 5.42. The van der Waals surface area contributed by atoms with Crippen molar-refractivity contribution in [3.05, 3.63) is 46.3 Å². The number of nitrogens with zero attached hydrogens (tertiary/aromatic N) is 1. The van der Waals surface area contributed by atoms with Crippen LogP contribution in [0.15, 0.2) is 34.9 Å². The van der Waals surface area contributed by atoms with Gasteiger partial charge >= 0.3 is 0 Å². The van der Waals surface area contributed by atoms with Gasteiger partial charge in [-0.25, -0.2) is 0 Å². The van der Waals surface area contributed by atoms with Gasteiger partial charge in [0.2, 0.25) is 0 Å². The standard InChI is InChI=1S/C14H14Cl2N2O/c15-11-6-13(17)14(7-12(11)16)18(9-3-4-9)8-10-2-1-5-19-10/h1-2,5-7,9H,3-4,8,17H2. The van der Waals surface area contributed by atoms with E-state index in [0.717, 1.165) is 11.4 Å². The van der Waals surface area contributed by atoms with Gasteiger partial charge in [-0.3, -0.25) is 0 Å². The molecule has 0 saturated heterocycles. The van der Waals surface area contributed by atoms with Gasteiger partial charge in [0, 0.05) is 6.04 Å². The van der Waals surface area contributed by atoms with Crippen LogP contribution < -0.4 is 10.6 Å². The third kappa shape index (κ3) is 2.67. The predicted molar refractivity (Wildman–Crippen MR) is 78.8 cm³/mol. The van der Waals surface area contributed by atoms with Crippen LogP contribution in [0.25, 0.3) is 0 Å². The Labute approximate surface area is 121 Å². The third-order valence-corrected chi connectivity index (χ3v) is 4.00. The molecule has 1 fully saturated rings. The molecule has 1 aromatic carbocycles. The molecule has 0 amide bonds. The van der Waals surface area contributed by atoms with Gasteiger partial charge in [-0.15, -0.1) is 0 Å². The molecule has 0 aliphatic heterocycles. The van der Waals surface area contributed by atoms with Gasteiger partial charge in [0.25, 0.3) is 0 Å². The van der Waals surface area contributed by atoms with E-state index in [9.17, 15) is 0 Å². The highest BCUT2D eigenvalue weighted by Crippen LogP contribution is 2.39. The largest absolute Gasteiger partial charge is 0.467 e. The van der Waals surface area contributed by atoms with Crippen LogP contribution in [0.4, 0.5) is 11.4 Å². The van der Waals surface area contributed by atoms with Crippen LogP contribution in [0, 0.1) is 0 Å². The molecule has 0 unspecified atom stereocenters. The van der Waals surface area contributed by atoms with Crippen molar-refractivity contribution in [2.24, 2.45) is 0 Å². The molecule has 19 heavy (non-hydrogen) atoms. The number of nitrogen functional groups attached to an aromatic ring is 1. The Morgan fingerprint density at radius 1 is 1.26 bits per heavy atom. The van der Waals surface area contributed by atoms with Gasteiger partial charge in [-0.05, 0) is 37.1 Å². The Morgan fingerprint density at radius 2 is 2.00 bits per heavy atom.